The molecule has 1 aromatic heterocycles. The summed E-state index contributed by atoms with van der Waals surface area (Å²) < 4.78 is 2.81. The van der Waals surface area contributed by atoms with Crippen LogP contribution in [-0.4, -0.2) is 10.4 Å². The summed E-state index contributed by atoms with van der Waals surface area (Å²) in [5.74, 6) is 0.0916. The Kier molecular flexibility index (Phi) is 2.87. The van der Waals surface area contributed by atoms with Gasteiger partial charge in [-0.05, 0) is 13.0 Å². The molecule has 0 aliphatic heterocycles. The second kappa shape index (κ2) is 3.72. The van der Waals surface area contributed by atoms with Crippen molar-refractivity contribution in [1.82, 2.24) is 4.57 Å². The van der Waals surface area contributed by atoms with Crippen molar-refractivity contribution in [2.24, 2.45) is 0 Å². The third-order valence-electron chi connectivity index (χ3n) is 1.51. The minimum absolute atomic E-state index is 0.0916. The average Bonchev–Trinajstić information content (AvgIpc) is 2.34. The zero-order chi connectivity index (χ0) is 9.14. The van der Waals surface area contributed by atoms with E-state index in [-0.39, 0.29) is 5.78 Å². The summed E-state index contributed by atoms with van der Waals surface area (Å²) >= 11 is 3.26. The minimum atomic E-state index is 0.0916. The maximum Gasteiger partial charge on any atom is 0.161 e. The van der Waals surface area contributed by atoms with Crippen molar-refractivity contribution in [3.05, 3.63) is 35.1 Å². The molecular weight excluding hydrogens is 218 g/mol. The molecule has 0 aliphatic rings. The van der Waals surface area contributed by atoms with Crippen LogP contribution in [0.5, 0.6) is 0 Å². The van der Waals surface area contributed by atoms with Gasteiger partial charge in [-0.3, -0.25) is 4.79 Å². The van der Waals surface area contributed by atoms with Crippen LogP contribution in [0.15, 0.2) is 29.5 Å². The molecule has 0 spiro atoms. The molecule has 12 heavy (non-hydrogen) atoms. The molecule has 0 radical (unpaired) electrons. The molecule has 1 rings (SSSR count). The lowest BCUT2D eigenvalue weighted by Crippen LogP contribution is -1.94. The Labute approximate surface area is 80.0 Å². The molecule has 0 bridgehead atoms. The highest BCUT2D eigenvalue weighted by molar-refractivity contribution is 9.11. The number of Topliss-reactive ketones (excluding diaryl/α,β-unsaturated/α-hetero) is 1. The molecule has 0 saturated carbocycles. The molecule has 0 atom stereocenters. The number of ketones is 1. The second-order valence-electron chi connectivity index (χ2n) is 2.65. The summed E-state index contributed by atoms with van der Waals surface area (Å²) in [6.45, 7) is 5.98. The van der Waals surface area contributed by atoms with Crippen molar-refractivity contribution in [2.45, 2.75) is 13.5 Å². The van der Waals surface area contributed by atoms with Crippen LogP contribution in [0.2, 0.25) is 0 Å². The highest BCUT2D eigenvalue weighted by Crippen LogP contribution is 2.08. The van der Waals surface area contributed by atoms with Gasteiger partial charge >= 0.3 is 0 Å². The van der Waals surface area contributed by atoms with Crippen molar-refractivity contribution in [3.63, 3.8) is 0 Å². The number of rotatable bonds is 3. The molecule has 0 unspecified atom stereocenters. The number of aromatic nitrogens is 1. The smallest absolute Gasteiger partial charge is 0.161 e. The normalized spacial score (nSPS) is 9.83. The third kappa shape index (κ3) is 2.34. The van der Waals surface area contributed by atoms with Gasteiger partial charge in [-0.25, -0.2) is 0 Å². The van der Waals surface area contributed by atoms with Gasteiger partial charge in [-0.1, -0.05) is 22.5 Å². The fourth-order valence-corrected chi connectivity index (χ4v) is 1.24. The summed E-state index contributed by atoms with van der Waals surface area (Å²) in [7, 11) is 0. The van der Waals surface area contributed by atoms with Crippen molar-refractivity contribution >= 4 is 21.7 Å². The molecule has 2 nitrogen and oxygen atoms in total. The van der Waals surface area contributed by atoms with E-state index in [2.05, 4.69) is 22.5 Å². The Morgan fingerprint density at radius 3 is 2.83 bits per heavy atom. The van der Waals surface area contributed by atoms with E-state index in [1.54, 1.807) is 13.0 Å². The number of hydrogen-bond donors (Lipinski definition) is 0. The quantitative estimate of drug-likeness (QED) is 0.729. The molecule has 1 heterocycles. The average molecular weight is 228 g/mol. The summed E-state index contributed by atoms with van der Waals surface area (Å²) in [5, 5.41) is 0. The summed E-state index contributed by atoms with van der Waals surface area (Å²) in [4.78, 5) is 10.9. The molecule has 64 valence electrons. The van der Waals surface area contributed by atoms with Crippen LogP contribution in [-0.2, 0) is 6.54 Å². The predicted molar refractivity (Wildman–Crippen MR) is 52.5 cm³/mol. The first-order chi connectivity index (χ1) is 5.59. The largest absolute Gasteiger partial charge is 0.349 e. The number of carbonyl (C=O) groups excluding carboxylic acids is 1. The topological polar surface area (TPSA) is 22.0 Å². The maximum atomic E-state index is 10.9. The molecule has 0 aromatic carbocycles. The molecule has 0 fully saturated rings. The fourth-order valence-electron chi connectivity index (χ4n) is 0.945. The van der Waals surface area contributed by atoms with Crippen molar-refractivity contribution in [2.75, 3.05) is 0 Å². The van der Waals surface area contributed by atoms with Gasteiger partial charge < -0.3 is 4.57 Å². The third-order valence-corrected chi connectivity index (χ3v) is 1.76. The lowest BCUT2D eigenvalue weighted by molar-refractivity contribution is 0.101. The van der Waals surface area contributed by atoms with Crippen LogP contribution in [0, 0.1) is 0 Å². The fraction of sp³-hybridized carbons (Fsp3) is 0.222. The van der Waals surface area contributed by atoms with Gasteiger partial charge in [-0.15, -0.1) is 0 Å². The van der Waals surface area contributed by atoms with Gasteiger partial charge in [0.15, 0.2) is 5.78 Å². The Morgan fingerprint density at radius 1 is 1.75 bits per heavy atom. The lowest BCUT2D eigenvalue weighted by Gasteiger charge is -1.98. The number of carbonyl (C=O) groups is 1. The summed E-state index contributed by atoms with van der Waals surface area (Å²) in [5.41, 5.74) is 0.740. The van der Waals surface area contributed by atoms with E-state index in [1.807, 2.05) is 17.0 Å². The first-order valence-corrected chi connectivity index (χ1v) is 4.39. The zero-order valence-corrected chi connectivity index (χ0v) is 8.47. The van der Waals surface area contributed by atoms with Gasteiger partial charge in [-0.2, -0.15) is 0 Å². The Morgan fingerprint density at radius 2 is 2.42 bits per heavy atom. The molecule has 0 aliphatic carbocycles. The Bertz CT molecular complexity index is 314. The van der Waals surface area contributed by atoms with E-state index >= 15 is 0 Å². The molecule has 0 saturated heterocycles. The lowest BCUT2D eigenvalue weighted by atomic mass is 10.2. The SMILES string of the molecule is C=C(Br)Cn1ccc(C(C)=O)c1. The molecule has 0 amide bonds. The highest BCUT2D eigenvalue weighted by atomic mass is 79.9. The van der Waals surface area contributed by atoms with E-state index in [9.17, 15) is 4.79 Å². The number of nitrogens with zero attached hydrogens (tertiary/aromatic N) is 1. The number of allylic oxidation sites excluding steroid dienone is 1. The maximum absolute atomic E-state index is 10.9. The van der Waals surface area contributed by atoms with Crippen molar-refractivity contribution in [3.8, 4) is 0 Å². The van der Waals surface area contributed by atoms with Crippen LogP contribution < -0.4 is 0 Å². The van der Waals surface area contributed by atoms with E-state index in [0.717, 1.165) is 10.0 Å². The van der Waals surface area contributed by atoms with Gasteiger partial charge in [0.1, 0.15) is 0 Å². The van der Waals surface area contributed by atoms with Crippen molar-refractivity contribution < 1.29 is 4.79 Å². The molecule has 0 N–H and O–H groups in total. The first kappa shape index (κ1) is 9.26. The summed E-state index contributed by atoms with van der Waals surface area (Å²) in [6, 6.07) is 1.80. The van der Waals surface area contributed by atoms with E-state index in [1.165, 1.54) is 0 Å². The van der Waals surface area contributed by atoms with Gasteiger partial charge in [0, 0.05) is 22.4 Å². The first-order valence-electron chi connectivity index (χ1n) is 3.59. The zero-order valence-electron chi connectivity index (χ0n) is 6.88. The van der Waals surface area contributed by atoms with Crippen LogP contribution in [0.1, 0.15) is 17.3 Å². The van der Waals surface area contributed by atoms with Gasteiger partial charge in [0.25, 0.3) is 0 Å². The number of hydrogen-bond acceptors (Lipinski definition) is 1. The predicted octanol–water partition coefficient (Wildman–Crippen LogP) is 2.60. The van der Waals surface area contributed by atoms with Gasteiger partial charge in [0.05, 0.1) is 6.54 Å². The molecule has 3 heteroatoms. The Balaban J connectivity index is 2.77. The van der Waals surface area contributed by atoms with Crippen LogP contribution in [0.3, 0.4) is 0 Å². The molecular formula is C9H10BrNO. The molecule has 1 aromatic rings. The van der Waals surface area contributed by atoms with E-state index in [0.29, 0.717) is 6.54 Å². The summed E-state index contributed by atoms with van der Waals surface area (Å²) in [6.07, 6.45) is 3.68. The van der Waals surface area contributed by atoms with E-state index in [4.69, 9.17) is 0 Å². The van der Waals surface area contributed by atoms with Crippen molar-refractivity contribution in [1.29, 1.82) is 0 Å². The standard InChI is InChI=1S/C9H10BrNO/c1-7(10)5-11-4-3-9(6-11)8(2)12/h3-4,6H,1,5H2,2H3. The van der Waals surface area contributed by atoms with Crippen LogP contribution in [0.4, 0.5) is 0 Å². The van der Waals surface area contributed by atoms with Gasteiger partial charge in [0.2, 0.25) is 0 Å². The monoisotopic (exact) mass is 227 g/mol. The van der Waals surface area contributed by atoms with E-state index < -0.39 is 0 Å². The highest BCUT2D eigenvalue weighted by Gasteiger charge is 2.00. The van der Waals surface area contributed by atoms with Crippen LogP contribution in [0.25, 0.3) is 0 Å². The second-order valence-corrected chi connectivity index (χ2v) is 3.77. The van der Waals surface area contributed by atoms with Crippen LogP contribution >= 0.6 is 15.9 Å². The number of halogens is 1. The minimum Gasteiger partial charge on any atom is -0.349 e. The Hall–Kier alpha value is -0.830.